The third-order valence-electron chi connectivity index (χ3n) is 5.87. The smallest absolute Gasteiger partial charge is 0.282 e. The van der Waals surface area contributed by atoms with Crippen LogP contribution in [0.3, 0.4) is 0 Å². The normalized spacial score (nSPS) is 11.2. The minimum absolute atomic E-state index is 0.118. The Morgan fingerprint density at radius 1 is 1.18 bits per heavy atom. The van der Waals surface area contributed by atoms with Gasteiger partial charge >= 0.3 is 0 Å². The van der Waals surface area contributed by atoms with E-state index in [1.165, 1.54) is 4.68 Å². The molecule has 0 fully saturated rings. The van der Waals surface area contributed by atoms with E-state index in [1.807, 2.05) is 49.4 Å². The lowest BCUT2D eigenvalue weighted by Gasteiger charge is -2.15. The molecule has 0 bridgehead atoms. The summed E-state index contributed by atoms with van der Waals surface area (Å²) in [5.74, 6) is 1.63. The van der Waals surface area contributed by atoms with Gasteiger partial charge in [0.1, 0.15) is 11.7 Å². The van der Waals surface area contributed by atoms with E-state index in [2.05, 4.69) is 27.6 Å². The molecule has 0 saturated carbocycles. The zero-order chi connectivity index (χ0) is 27.4. The predicted octanol–water partition coefficient (Wildman–Crippen LogP) is 6.48. The van der Waals surface area contributed by atoms with Crippen molar-refractivity contribution in [1.82, 2.24) is 9.66 Å². The highest BCUT2D eigenvalue weighted by Crippen LogP contribution is 2.34. The van der Waals surface area contributed by atoms with Gasteiger partial charge in [0.05, 0.1) is 23.7 Å². The number of para-hydroxylation sites is 1. The van der Waals surface area contributed by atoms with Gasteiger partial charge in [-0.15, -0.1) is 6.58 Å². The number of rotatable bonds is 9. The Morgan fingerprint density at radius 3 is 2.82 bits per heavy atom. The van der Waals surface area contributed by atoms with E-state index in [1.54, 1.807) is 36.6 Å². The monoisotopic (exact) mass is 582 g/mol. The molecule has 194 valence electrons. The summed E-state index contributed by atoms with van der Waals surface area (Å²) in [5.41, 5.74) is 2.31. The molecule has 5 rings (SSSR count). The molecule has 0 amide bonds. The highest BCUT2D eigenvalue weighted by atomic mass is 79.9. The zero-order valence-electron chi connectivity index (χ0n) is 21.1. The van der Waals surface area contributed by atoms with Crippen LogP contribution < -0.4 is 15.0 Å². The molecule has 9 heteroatoms. The van der Waals surface area contributed by atoms with Crippen LogP contribution in [0, 0.1) is 11.3 Å². The summed E-state index contributed by atoms with van der Waals surface area (Å²) in [4.78, 5) is 18.3. The van der Waals surface area contributed by atoms with Crippen molar-refractivity contribution < 1.29 is 13.9 Å². The van der Waals surface area contributed by atoms with E-state index >= 15 is 0 Å². The Kier molecular flexibility index (Phi) is 7.57. The minimum Gasteiger partial charge on any atom is -0.490 e. The van der Waals surface area contributed by atoms with Crippen LogP contribution in [0.25, 0.3) is 33.5 Å². The summed E-state index contributed by atoms with van der Waals surface area (Å²) in [6.45, 7) is 5.97. The van der Waals surface area contributed by atoms with E-state index in [9.17, 15) is 4.79 Å². The highest BCUT2D eigenvalue weighted by Gasteiger charge is 2.17. The van der Waals surface area contributed by atoms with Gasteiger partial charge in [0.2, 0.25) is 5.82 Å². The fourth-order valence-electron chi connectivity index (χ4n) is 4.24. The maximum absolute atomic E-state index is 13.6. The standard InChI is InChI=1S/C30H23BrN4O4/c1-3-7-20-14-19(15-26(37-4-2)28(20)38-13-12-32)18-33-35-29(34-24-9-6-5-8-23(24)30(35)36)27-17-21-16-22(31)10-11-25(21)39-27/h3,5-6,8-11,14-18H,1,4,7,13H2,2H3. The molecule has 0 unspecified atom stereocenters. The van der Waals surface area contributed by atoms with Crippen LogP contribution in [0.5, 0.6) is 11.5 Å². The van der Waals surface area contributed by atoms with Gasteiger partial charge in [0.15, 0.2) is 23.9 Å². The van der Waals surface area contributed by atoms with Crippen molar-refractivity contribution in [1.29, 1.82) is 5.26 Å². The Morgan fingerprint density at radius 2 is 2.03 bits per heavy atom. The predicted molar refractivity (Wildman–Crippen MR) is 155 cm³/mol. The summed E-state index contributed by atoms with van der Waals surface area (Å²) in [6.07, 6.45) is 3.78. The van der Waals surface area contributed by atoms with Crippen molar-refractivity contribution in [3.05, 3.63) is 99.3 Å². The quantitative estimate of drug-likeness (QED) is 0.145. The summed E-state index contributed by atoms with van der Waals surface area (Å²) in [6, 6.07) is 20.2. The van der Waals surface area contributed by atoms with Crippen LogP contribution in [-0.2, 0) is 6.42 Å². The second kappa shape index (κ2) is 11.4. The molecule has 2 aromatic heterocycles. The van der Waals surface area contributed by atoms with Crippen LogP contribution in [0.15, 0.2) is 92.1 Å². The van der Waals surface area contributed by atoms with E-state index in [-0.39, 0.29) is 18.0 Å². The second-order valence-corrected chi connectivity index (χ2v) is 9.40. The van der Waals surface area contributed by atoms with Gasteiger partial charge < -0.3 is 13.9 Å². The lowest BCUT2D eigenvalue weighted by molar-refractivity contribution is 0.297. The molecule has 0 aliphatic rings. The number of ether oxygens (including phenoxy) is 2. The number of nitrogens with zero attached hydrogens (tertiary/aromatic N) is 4. The Labute approximate surface area is 232 Å². The maximum atomic E-state index is 13.6. The second-order valence-electron chi connectivity index (χ2n) is 8.49. The SMILES string of the molecule is C=CCc1cc(C=Nn2c(-c3cc4cc(Br)ccc4o3)nc3ccccc3c2=O)cc(OCC)c1OCC#N. The average Bonchev–Trinajstić information content (AvgIpc) is 3.35. The topological polar surface area (TPSA) is 103 Å². The number of nitriles is 1. The maximum Gasteiger partial charge on any atom is 0.282 e. The molecule has 0 aliphatic heterocycles. The van der Waals surface area contributed by atoms with Crippen LogP contribution in [0.1, 0.15) is 18.1 Å². The van der Waals surface area contributed by atoms with Crippen LogP contribution >= 0.6 is 15.9 Å². The number of benzene rings is 3. The molecule has 0 atom stereocenters. The fourth-order valence-corrected chi connectivity index (χ4v) is 4.61. The lowest BCUT2D eigenvalue weighted by atomic mass is 10.1. The Balaban J connectivity index is 1.67. The van der Waals surface area contributed by atoms with E-state index < -0.39 is 0 Å². The third kappa shape index (κ3) is 5.33. The minimum atomic E-state index is -0.334. The van der Waals surface area contributed by atoms with Gasteiger partial charge in [-0.2, -0.15) is 15.0 Å². The molecular formula is C30H23BrN4O4. The van der Waals surface area contributed by atoms with E-state index in [0.29, 0.717) is 52.3 Å². The summed E-state index contributed by atoms with van der Waals surface area (Å²) in [7, 11) is 0. The summed E-state index contributed by atoms with van der Waals surface area (Å²) in [5, 5.41) is 14.9. The lowest BCUT2D eigenvalue weighted by Crippen LogP contribution is -2.20. The first kappa shape index (κ1) is 25.9. The van der Waals surface area contributed by atoms with Gasteiger partial charge in [0, 0.05) is 15.4 Å². The first-order valence-electron chi connectivity index (χ1n) is 12.2. The Hall–Kier alpha value is -4.68. The first-order valence-corrected chi connectivity index (χ1v) is 13.0. The number of furan rings is 1. The number of fused-ring (bicyclic) bond motifs is 2. The van der Waals surface area contributed by atoms with Crippen LogP contribution in [0.2, 0.25) is 0 Å². The molecule has 2 heterocycles. The zero-order valence-corrected chi connectivity index (χ0v) is 22.6. The summed E-state index contributed by atoms with van der Waals surface area (Å²) >= 11 is 3.48. The van der Waals surface area contributed by atoms with Crippen molar-refractivity contribution in [2.45, 2.75) is 13.3 Å². The third-order valence-corrected chi connectivity index (χ3v) is 6.37. The molecule has 5 aromatic rings. The number of hydrogen-bond donors (Lipinski definition) is 0. The molecule has 0 N–H and O–H groups in total. The molecular weight excluding hydrogens is 560 g/mol. The van der Waals surface area contributed by atoms with Crippen LogP contribution in [-0.4, -0.2) is 29.1 Å². The molecule has 0 aliphatic carbocycles. The van der Waals surface area contributed by atoms with Crippen LogP contribution in [0.4, 0.5) is 0 Å². The van der Waals surface area contributed by atoms with Gasteiger partial charge in [-0.1, -0.05) is 34.1 Å². The van der Waals surface area contributed by atoms with Gasteiger partial charge in [-0.25, -0.2) is 4.98 Å². The number of halogens is 1. The first-order chi connectivity index (χ1) is 19.0. The van der Waals surface area contributed by atoms with Gasteiger partial charge in [-0.3, -0.25) is 4.79 Å². The highest BCUT2D eigenvalue weighted by molar-refractivity contribution is 9.10. The van der Waals surface area contributed by atoms with Crippen molar-refractivity contribution in [2.24, 2.45) is 5.10 Å². The molecule has 8 nitrogen and oxygen atoms in total. The van der Waals surface area contributed by atoms with Crippen molar-refractivity contribution in [3.8, 4) is 29.2 Å². The van der Waals surface area contributed by atoms with Gasteiger partial charge in [-0.05, 0) is 67.4 Å². The van der Waals surface area contributed by atoms with Gasteiger partial charge in [0.25, 0.3) is 5.56 Å². The molecule has 0 saturated heterocycles. The van der Waals surface area contributed by atoms with Crippen molar-refractivity contribution in [3.63, 3.8) is 0 Å². The van der Waals surface area contributed by atoms with E-state index in [0.717, 1.165) is 15.4 Å². The number of hydrogen-bond acceptors (Lipinski definition) is 7. The van der Waals surface area contributed by atoms with Crippen molar-refractivity contribution >= 4 is 44.0 Å². The summed E-state index contributed by atoms with van der Waals surface area (Å²) < 4.78 is 19.7. The van der Waals surface area contributed by atoms with Crippen molar-refractivity contribution in [2.75, 3.05) is 13.2 Å². The van der Waals surface area contributed by atoms with E-state index in [4.69, 9.17) is 24.1 Å². The molecule has 39 heavy (non-hydrogen) atoms. The molecule has 0 radical (unpaired) electrons. The average molecular weight is 583 g/mol. The molecule has 3 aromatic carbocycles. The largest absolute Gasteiger partial charge is 0.490 e. The number of allylic oxidation sites excluding steroid dienone is 1. The number of aromatic nitrogens is 2. The molecule has 0 spiro atoms. The fraction of sp³-hybridized carbons (Fsp3) is 0.133. The Bertz CT molecular complexity index is 1830.